The molecule has 1 aliphatic rings. The lowest BCUT2D eigenvalue weighted by Gasteiger charge is -2.29. The minimum atomic E-state index is -0.389. The number of amidine groups is 1. The number of nitrogens with one attached hydrogen (secondary N) is 2. The number of benzene rings is 2. The fourth-order valence-corrected chi connectivity index (χ4v) is 4.12. The van der Waals surface area contributed by atoms with Gasteiger partial charge < -0.3 is 15.4 Å². The van der Waals surface area contributed by atoms with Crippen molar-refractivity contribution in [2.45, 2.75) is 52.0 Å². The summed E-state index contributed by atoms with van der Waals surface area (Å²) in [7, 11) is 0. The van der Waals surface area contributed by atoms with Crippen molar-refractivity contribution in [2.24, 2.45) is 10.9 Å². The molecule has 0 atom stereocenters. The molecule has 1 aliphatic carbocycles. The van der Waals surface area contributed by atoms with Crippen LogP contribution in [-0.4, -0.2) is 30.5 Å². The molecule has 8 heteroatoms. The molecule has 2 aromatic rings. The van der Waals surface area contributed by atoms with E-state index in [1.54, 1.807) is 44.2 Å². The quantitative estimate of drug-likeness (QED) is 0.402. The zero-order valence-electron chi connectivity index (χ0n) is 18.9. The number of rotatable bonds is 6. The molecule has 1 saturated carbocycles. The van der Waals surface area contributed by atoms with Crippen molar-refractivity contribution in [3.8, 4) is 0 Å². The van der Waals surface area contributed by atoms with Gasteiger partial charge in [0.15, 0.2) is 0 Å². The van der Waals surface area contributed by atoms with E-state index in [-0.39, 0.29) is 29.8 Å². The van der Waals surface area contributed by atoms with Crippen LogP contribution in [0, 0.1) is 18.7 Å². The van der Waals surface area contributed by atoms with Gasteiger partial charge in [-0.15, -0.1) is 0 Å². The fourth-order valence-electron chi connectivity index (χ4n) is 3.99. The van der Waals surface area contributed by atoms with Crippen molar-refractivity contribution in [1.29, 1.82) is 0 Å². The molecule has 33 heavy (non-hydrogen) atoms. The molecule has 0 saturated heterocycles. The van der Waals surface area contributed by atoms with Crippen LogP contribution < -0.4 is 10.6 Å². The van der Waals surface area contributed by atoms with Gasteiger partial charge >= 0.3 is 6.09 Å². The SMILES string of the molecule is CCOC(=O)NC1CCC(CC(=Nc2cc(C)cc(F)c2)NC(=O)c2ccc(Cl)cc2)CC1. The maximum absolute atomic E-state index is 13.9. The van der Waals surface area contributed by atoms with Gasteiger partial charge in [-0.1, -0.05) is 11.6 Å². The number of nitrogens with zero attached hydrogens (tertiary/aromatic N) is 1. The molecule has 2 amide bonds. The van der Waals surface area contributed by atoms with E-state index in [0.29, 0.717) is 35.1 Å². The third-order valence-electron chi connectivity index (χ3n) is 5.58. The smallest absolute Gasteiger partial charge is 0.407 e. The highest BCUT2D eigenvalue weighted by molar-refractivity contribution is 6.30. The molecule has 0 heterocycles. The van der Waals surface area contributed by atoms with Crippen molar-refractivity contribution >= 4 is 35.1 Å². The average Bonchev–Trinajstić information content (AvgIpc) is 2.75. The summed E-state index contributed by atoms with van der Waals surface area (Å²) in [5.41, 5.74) is 1.67. The van der Waals surface area contributed by atoms with Crippen LogP contribution in [0.2, 0.25) is 5.02 Å². The summed E-state index contributed by atoms with van der Waals surface area (Å²) in [5, 5.41) is 6.34. The highest BCUT2D eigenvalue weighted by Crippen LogP contribution is 2.28. The predicted molar refractivity (Wildman–Crippen MR) is 128 cm³/mol. The number of carbonyl (C=O) groups excluding carboxylic acids is 2. The fraction of sp³-hybridized carbons (Fsp3) is 0.400. The summed E-state index contributed by atoms with van der Waals surface area (Å²) >= 11 is 5.92. The zero-order valence-corrected chi connectivity index (χ0v) is 19.6. The summed E-state index contributed by atoms with van der Waals surface area (Å²) in [4.78, 5) is 29.0. The van der Waals surface area contributed by atoms with Crippen LogP contribution in [0.15, 0.2) is 47.5 Å². The topological polar surface area (TPSA) is 79.8 Å². The van der Waals surface area contributed by atoms with Gasteiger partial charge in [0, 0.05) is 23.0 Å². The first-order chi connectivity index (χ1) is 15.8. The Kier molecular flexibility index (Phi) is 8.83. The molecule has 6 nitrogen and oxygen atoms in total. The summed E-state index contributed by atoms with van der Waals surface area (Å²) < 4.78 is 18.8. The minimum Gasteiger partial charge on any atom is -0.450 e. The Morgan fingerprint density at radius 2 is 1.82 bits per heavy atom. The second kappa shape index (κ2) is 11.8. The Hall–Kier alpha value is -2.93. The van der Waals surface area contributed by atoms with Gasteiger partial charge in [0.25, 0.3) is 5.91 Å². The molecule has 0 spiro atoms. The third kappa shape index (κ3) is 7.86. The van der Waals surface area contributed by atoms with Crippen molar-refractivity contribution < 1.29 is 18.7 Å². The molecule has 1 fully saturated rings. The number of amides is 2. The lowest BCUT2D eigenvalue weighted by Crippen LogP contribution is -2.39. The first-order valence-electron chi connectivity index (χ1n) is 11.2. The molecular weight excluding hydrogens is 445 g/mol. The Labute approximate surface area is 198 Å². The first kappa shape index (κ1) is 24.7. The third-order valence-corrected chi connectivity index (χ3v) is 5.83. The van der Waals surface area contributed by atoms with Crippen molar-refractivity contribution in [2.75, 3.05) is 6.61 Å². The van der Waals surface area contributed by atoms with Crippen LogP contribution >= 0.6 is 11.6 Å². The van der Waals surface area contributed by atoms with Crippen LogP contribution in [0.3, 0.4) is 0 Å². The van der Waals surface area contributed by atoms with Crippen molar-refractivity contribution in [3.05, 3.63) is 64.4 Å². The van der Waals surface area contributed by atoms with E-state index >= 15 is 0 Å². The van der Waals surface area contributed by atoms with Gasteiger partial charge in [0.05, 0.1) is 12.3 Å². The molecule has 0 bridgehead atoms. The standard InChI is InChI=1S/C25H29ClFN3O3/c1-3-33-25(32)29-21-10-4-17(5-11-21)14-23(28-22-13-16(2)12-20(27)15-22)30-24(31)18-6-8-19(26)9-7-18/h6-9,12-13,15,17,21H,3-5,10-11,14H2,1-2H3,(H,29,32)(H,28,30,31). The average molecular weight is 474 g/mol. The van der Waals surface area contributed by atoms with Crippen molar-refractivity contribution in [1.82, 2.24) is 10.6 Å². The maximum atomic E-state index is 13.9. The normalized spacial score (nSPS) is 18.5. The highest BCUT2D eigenvalue weighted by atomic mass is 35.5. The van der Waals surface area contributed by atoms with E-state index in [9.17, 15) is 14.0 Å². The summed E-state index contributed by atoms with van der Waals surface area (Å²) in [6, 6.07) is 11.2. The summed E-state index contributed by atoms with van der Waals surface area (Å²) in [6.45, 7) is 3.91. The zero-order chi connectivity index (χ0) is 23.8. The van der Waals surface area contributed by atoms with Gasteiger partial charge in [0.1, 0.15) is 11.7 Å². The molecule has 0 aromatic heterocycles. The van der Waals surface area contributed by atoms with E-state index in [0.717, 1.165) is 31.2 Å². The second-order valence-corrected chi connectivity index (χ2v) is 8.73. The molecule has 176 valence electrons. The van der Waals surface area contributed by atoms with Gasteiger partial charge in [-0.3, -0.25) is 4.79 Å². The molecule has 0 aliphatic heterocycles. The summed E-state index contributed by atoms with van der Waals surface area (Å²) in [5.74, 6) is 0.102. The first-order valence-corrected chi connectivity index (χ1v) is 11.5. The van der Waals surface area contributed by atoms with Crippen LogP contribution in [0.4, 0.5) is 14.9 Å². The molecule has 0 radical (unpaired) electrons. The highest BCUT2D eigenvalue weighted by Gasteiger charge is 2.24. The van der Waals surface area contributed by atoms with E-state index in [1.807, 2.05) is 0 Å². The molecular formula is C25H29ClFN3O3. The number of aryl methyl sites for hydroxylation is 1. The van der Waals surface area contributed by atoms with Gasteiger partial charge in [-0.2, -0.15) is 0 Å². The molecule has 2 aromatic carbocycles. The number of aliphatic imine (C=N–C) groups is 1. The van der Waals surface area contributed by atoms with Gasteiger partial charge in [-0.25, -0.2) is 14.2 Å². The van der Waals surface area contributed by atoms with Crippen LogP contribution in [0.25, 0.3) is 0 Å². The predicted octanol–water partition coefficient (Wildman–Crippen LogP) is 5.94. The van der Waals surface area contributed by atoms with E-state index in [1.165, 1.54) is 12.1 Å². The number of alkyl carbamates (subject to hydrolysis) is 1. The molecule has 3 rings (SSSR count). The monoisotopic (exact) mass is 473 g/mol. The van der Waals surface area contributed by atoms with Crippen LogP contribution in [0.5, 0.6) is 0 Å². The number of ether oxygens (including phenoxy) is 1. The second-order valence-electron chi connectivity index (χ2n) is 8.29. The van der Waals surface area contributed by atoms with Crippen LogP contribution in [0.1, 0.15) is 54.9 Å². The van der Waals surface area contributed by atoms with Gasteiger partial charge in [0.2, 0.25) is 0 Å². The maximum Gasteiger partial charge on any atom is 0.407 e. The molecule has 0 unspecified atom stereocenters. The number of halogens is 2. The largest absolute Gasteiger partial charge is 0.450 e. The molecule has 2 N–H and O–H groups in total. The lowest BCUT2D eigenvalue weighted by molar-refractivity contribution is 0.0975. The minimum absolute atomic E-state index is 0.0789. The Balaban J connectivity index is 1.71. The van der Waals surface area contributed by atoms with Crippen LogP contribution in [-0.2, 0) is 4.74 Å². The number of hydrogen-bond donors (Lipinski definition) is 2. The Bertz CT molecular complexity index is 982. The summed E-state index contributed by atoms with van der Waals surface area (Å²) in [6.07, 6.45) is 3.53. The Morgan fingerprint density at radius 1 is 1.12 bits per heavy atom. The van der Waals surface area contributed by atoms with Crippen molar-refractivity contribution in [3.63, 3.8) is 0 Å². The number of hydrogen-bond acceptors (Lipinski definition) is 4. The van der Waals surface area contributed by atoms with E-state index < -0.39 is 0 Å². The van der Waals surface area contributed by atoms with E-state index in [4.69, 9.17) is 16.3 Å². The number of carbonyl (C=O) groups is 2. The van der Waals surface area contributed by atoms with Gasteiger partial charge in [-0.05, 0) is 93.5 Å². The lowest BCUT2D eigenvalue weighted by atomic mass is 9.84. The van der Waals surface area contributed by atoms with E-state index in [2.05, 4.69) is 15.6 Å². The Morgan fingerprint density at radius 3 is 2.45 bits per heavy atom.